The van der Waals surface area contributed by atoms with Gasteiger partial charge in [0.05, 0.1) is 18.6 Å². The zero-order chi connectivity index (χ0) is 8.97. The maximum absolute atomic E-state index is 11.3. The van der Waals surface area contributed by atoms with E-state index in [0.717, 1.165) is 19.4 Å². The predicted octanol–water partition coefficient (Wildman–Crippen LogP) is 1.36. The molecule has 0 aliphatic carbocycles. The van der Waals surface area contributed by atoms with Crippen LogP contribution in [0.25, 0.3) is 0 Å². The highest BCUT2D eigenvalue weighted by atomic mass is 16.5. The summed E-state index contributed by atoms with van der Waals surface area (Å²) in [6.07, 6.45) is 1.86. The quantitative estimate of drug-likeness (QED) is 0.590. The summed E-state index contributed by atoms with van der Waals surface area (Å²) in [6, 6.07) is 0. The van der Waals surface area contributed by atoms with Crippen LogP contribution < -0.4 is 0 Å². The van der Waals surface area contributed by atoms with Crippen LogP contribution >= 0.6 is 0 Å². The second kappa shape index (κ2) is 4.45. The Hall–Kier alpha value is -0.570. The minimum atomic E-state index is -0.107. The smallest absolute Gasteiger partial charge is 0.311 e. The number of hydrogen-bond acceptors (Lipinski definition) is 3. The van der Waals surface area contributed by atoms with E-state index in [4.69, 9.17) is 9.47 Å². The van der Waals surface area contributed by atoms with Crippen LogP contribution in [0.5, 0.6) is 0 Å². The first kappa shape index (κ1) is 9.52. The molecule has 1 aliphatic heterocycles. The van der Waals surface area contributed by atoms with E-state index < -0.39 is 0 Å². The van der Waals surface area contributed by atoms with Gasteiger partial charge in [-0.15, -0.1) is 0 Å². The van der Waals surface area contributed by atoms with Crippen molar-refractivity contribution in [3.8, 4) is 0 Å². The van der Waals surface area contributed by atoms with Crippen molar-refractivity contribution in [2.75, 3.05) is 13.2 Å². The van der Waals surface area contributed by atoms with Crippen molar-refractivity contribution in [2.24, 2.45) is 5.92 Å². The number of rotatable bonds is 2. The summed E-state index contributed by atoms with van der Waals surface area (Å²) in [7, 11) is 0. The summed E-state index contributed by atoms with van der Waals surface area (Å²) in [5.41, 5.74) is 0. The van der Waals surface area contributed by atoms with Gasteiger partial charge in [-0.1, -0.05) is 0 Å². The lowest BCUT2D eigenvalue weighted by atomic mass is 10.0. The first-order chi connectivity index (χ1) is 5.70. The summed E-state index contributed by atoms with van der Waals surface area (Å²) >= 11 is 0. The third kappa shape index (κ3) is 2.81. The maximum atomic E-state index is 11.3. The standard InChI is InChI=1S/C9H16O3/c1-7(2)12-9(10)8-4-3-5-11-6-8/h7-8H,3-6H2,1-2H3. The molecule has 0 radical (unpaired) electrons. The molecule has 1 unspecified atom stereocenters. The molecule has 70 valence electrons. The van der Waals surface area contributed by atoms with Gasteiger partial charge in [0.2, 0.25) is 0 Å². The number of esters is 1. The lowest BCUT2D eigenvalue weighted by Crippen LogP contribution is -2.28. The van der Waals surface area contributed by atoms with Gasteiger partial charge in [-0.3, -0.25) is 4.79 Å². The van der Waals surface area contributed by atoms with Crippen LogP contribution in [0.2, 0.25) is 0 Å². The van der Waals surface area contributed by atoms with Crippen LogP contribution in [0.15, 0.2) is 0 Å². The molecule has 1 saturated heterocycles. The molecule has 12 heavy (non-hydrogen) atoms. The zero-order valence-corrected chi connectivity index (χ0v) is 7.71. The Bertz CT molecular complexity index is 148. The molecule has 3 nitrogen and oxygen atoms in total. The minimum Gasteiger partial charge on any atom is -0.463 e. The molecule has 0 amide bonds. The predicted molar refractivity (Wildman–Crippen MR) is 44.8 cm³/mol. The summed E-state index contributed by atoms with van der Waals surface area (Å²) in [5, 5.41) is 0. The number of carbonyl (C=O) groups is 1. The summed E-state index contributed by atoms with van der Waals surface area (Å²) in [6.45, 7) is 5.04. The van der Waals surface area contributed by atoms with Gasteiger partial charge >= 0.3 is 5.97 Å². The van der Waals surface area contributed by atoms with E-state index in [0.29, 0.717) is 6.61 Å². The molecular weight excluding hydrogens is 156 g/mol. The minimum absolute atomic E-state index is 0.0144. The van der Waals surface area contributed by atoms with Crippen molar-refractivity contribution < 1.29 is 14.3 Å². The van der Waals surface area contributed by atoms with Crippen molar-refractivity contribution in [3.63, 3.8) is 0 Å². The Balaban J connectivity index is 2.30. The highest BCUT2D eigenvalue weighted by Crippen LogP contribution is 2.15. The largest absolute Gasteiger partial charge is 0.463 e. The fraction of sp³-hybridized carbons (Fsp3) is 0.889. The van der Waals surface area contributed by atoms with Crippen molar-refractivity contribution in [1.82, 2.24) is 0 Å². The average molecular weight is 172 g/mol. The Morgan fingerprint density at radius 3 is 2.83 bits per heavy atom. The monoisotopic (exact) mass is 172 g/mol. The SMILES string of the molecule is CC(C)OC(=O)C1CCCOC1. The van der Waals surface area contributed by atoms with E-state index in [1.807, 2.05) is 13.8 Å². The summed E-state index contributed by atoms with van der Waals surface area (Å²) in [4.78, 5) is 11.3. The van der Waals surface area contributed by atoms with Gasteiger partial charge in [0, 0.05) is 6.61 Å². The fourth-order valence-corrected chi connectivity index (χ4v) is 1.26. The molecule has 0 aromatic carbocycles. The van der Waals surface area contributed by atoms with Gasteiger partial charge in [0.1, 0.15) is 0 Å². The van der Waals surface area contributed by atoms with Gasteiger partial charge in [-0.05, 0) is 26.7 Å². The first-order valence-corrected chi connectivity index (χ1v) is 4.48. The Morgan fingerprint density at radius 1 is 1.58 bits per heavy atom. The van der Waals surface area contributed by atoms with Crippen LogP contribution in [0.4, 0.5) is 0 Å². The molecule has 0 spiro atoms. The van der Waals surface area contributed by atoms with Crippen LogP contribution in [0.1, 0.15) is 26.7 Å². The Labute approximate surface area is 73.0 Å². The summed E-state index contributed by atoms with van der Waals surface area (Å²) < 4.78 is 10.3. The Morgan fingerprint density at radius 2 is 2.33 bits per heavy atom. The third-order valence-electron chi connectivity index (χ3n) is 1.85. The molecule has 0 saturated carbocycles. The molecule has 1 atom stereocenters. The molecule has 0 N–H and O–H groups in total. The van der Waals surface area contributed by atoms with Crippen LogP contribution in [0, 0.1) is 5.92 Å². The summed E-state index contributed by atoms with van der Waals surface area (Å²) in [5.74, 6) is -0.133. The molecule has 0 aromatic rings. The topological polar surface area (TPSA) is 35.5 Å². The van der Waals surface area contributed by atoms with Gasteiger partial charge in [0.25, 0.3) is 0 Å². The van der Waals surface area contributed by atoms with Crippen LogP contribution in [-0.4, -0.2) is 25.3 Å². The molecule has 0 bridgehead atoms. The first-order valence-electron chi connectivity index (χ1n) is 4.48. The molecule has 1 aliphatic rings. The number of carbonyl (C=O) groups excluding carboxylic acids is 1. The number of ether oxygens (including phenoxy) is 2. The van der Waals surface area contributed by atoms with Crippen molar-refractivity contribution >= 4 is 5.97 Å². The van der Waals surface area contributed by atoms with Gasteiger partial charge < -0.3 is 9.47 Å². The molecular formula is C9H16O3. The lowest BCUT2D eigenvalue weighted by molar-refractivity contribution is -0.156. The fourth-order valence-electron chi connectivity index (χ4n) is 1.26. The van der Waals surface area contributed by atoms with Gasteiger partial charge in [0.15, 0.2) is 0 Å². The highest BCUT2D eigenvalue weighted by Gasteiger charge is 2.23. The van der Waals surface area contributed by atoms with E-state index in [-0.39, 0.29) is 18.0 Å². The average Bonchev–Trinajstić information content (AvgIpc) is 2.05. The third-order valence-corrected chi connectivity index (χ3v) is 1.85. The second-order valence-corrected chi connectivity index (χ2v) is 3.40. The normalized spacial score (nSPS) is 24.1. The molecule has 1 heterocycles. The van der Waals surface area contributed by atoms with E-state index in [2.05, 4.69) is 0 Å². The molecule has 1 fully saturated rings. The van der Waals surface area contributed by atoms with Crippen molar-refractivity contribution in [2.45, 2.75) is 32.8 Å². The molecule has 1 rings (SSSR count). The van der Waals surface area contributed by atoms with Crippen LogP contribution in [-0.2, 0) is 14.3 Å². The van der Waals surface area contributed by atoms with E-state index >= 15 is 0 Å². The van der Waals surface area contributed by atoms with E-state index in [9.17, 15) is 4.79 Å². The van der Waals surface area contributed by atoms with Crippen LogP contribution in [0.3, 0.4) is 0 Å². The second-order valence-electron chi connectivity index (χ2n) is 3.40. The number of hydrogen-bond donors (Lipinski definition) is 0. The van der Waals surface area contributed by atoms with Gasteiger partial charge in [-0.25, -0.2) is 0 Å². The maximum Gasteiger partial charge on any atom is 0.311 e. The Kier molecular flexibility index (Phi) is 3.53. The van der Waals surface area contributed by atoms with Crippen molar-refractivity contribution in [1.29, 1.82) is 0 Å². The molecule has 0 aromatic heterocycles. The highest BCUT2D eigenvalue weighted by molar-refractivity contribution is 5.72. The van der Waals surface area contributed by atoms with Crippen molar-refractivity contribution in [3.05, 3.63) is 0 Å². The van der Waals surface area contributed by atoms with Gasteiger partial charge in [-0.2, -0.15) is 0 Å². The molecule has 3 heteroatoms. The van der Waals surface area contributed by atoms with E-state index in [1.165, 1.54) is 0 Å². The van der Waals surface area contributed by atoms with E-state index in [1.54, 1.807) is 0 Å². The lowest BCUT2D eigenvalue weighted by Gasteiger charge is -2.21. The zero-order valence-electron chi connectivity index (χ0n) is 7.71.